The number of carbonyl (C=O) groups excluding carboxylic acids is 1. The Morgan fingerprint density at radius 3 is 2.94 bits per heavy atom. The van der Waals surface area contributed by atoms with Crippen molar-refractivity contribution in [2.75, 3.05) is 0 Å². The fourth-order valence-electron chi connectivity index (χ4n) is 2.05. The lowest BCUT2D eigenvalue weighted by molar-refractivity contribution is -0.138. The van der Waals surface area contributed by atoms with Crippen LogP contribution in [0.5, 0.6) is 0 Å². The van der Waals surface area contributed by atoms with E-state index in [9.17, 15) is 4.79 Å². The topological polar surface area (TPSA) is 77.2 Å². The van der Waals surface area contributed by atoms with Crippen LogP contribution < -0.4 is 5.48 Å². The molecule has 100 valence electrons. The molecule has 0 radical (unpaired) electrons. The van der Waals surface area contributed by atoms with Gasteiger partial charge in [-0.1, -0.05) is 18.0 Å². The first-order valence-corrected chi connectivity index (χ1v) is 6.48. The van der Waals surface area contributed by atoms with E-state index in [1.165, 1.54) is 12.8 Å². The average Bonchev–Trinajstić information content (AvgIpc) is 2.98. The maximum absolute atomic E-state index is 11.5. The summed E-state index contributed by atoms with van der Waals surface area (Å²) in [5.74, 6) is 1.12. The summed E-state index contributed by atoms with van der Waals surface area (Å²) in [6.45, 7) is 1.77. The van der Waals surface area contributed by atoms with Gasteiger partial charge in [0.15, 0.2) is 5.82 Å². The Morgan fingerprint density at radius 2 is 2.28 bits per heavy atom. The number of aryl methyl sites for hydroxylation is 2. The van der Waals surface area contributed by atoms with E-state index in [-0.39, 0.29) is 12.0 Å². The van der Waals surface area contributed by atoms with E-state index in [0.29, 0.717) is 31.0 Å². The molecule has 1 aliphatic rings. The summed E-state index contributed by atoms with van der Waals surface area (Å²) >= 11 is 0. The highest BCUT2D eigenvalue weighted by Gasteiger charge is 2.16. The summed E-state index contributed by atoms with van der Waals surface area (Å²) in [6.07, 6.45) is 6.39. The van der Waals surface area contributed by atoms with Gasteiger partial charge in [-0.2, -0.15) is 4.98 Å². The molecule has 1 aromatic rings. The van der Waals surface area contributed by atoms with E-state index >= 15 is 0 Å². The summed E-state index contributed by atoms with van der Waals surface area (Å²) in [6, 6.07) is 0. The average molecular weight is 253 g/mol. The zero-order valence-corrected chi connectivity index (χ0v) is 10.6. The van der Waals surface area contributed by atoms with Crippen molar-refractivity contribution in [3.05, 3.63) is 11.7 Å². The van der Waals surface area contributed by atoms with Crippen molar-refractivity contribution in [1.29, 1.82) is 0 Å². The fourth-order valence-corrected chi connectivity index (χ4v) is 2.05. The van der Waals surface area contributed by atoms with Gasteiger partial charge in [-0.05, 0) is 26.2 Å². The number of rotatable bonds is 6. The number of nitrogens with one attached hydrogen (secondary N) is 1. The predicted molar refractivity (Wildman–Crippen MR) is 63.5 cm³/mol. The third kappa shape index (κ3) is 4.10. The SMILES string of the molecule is Cc1noc(CCCC(=O)NOC2CCCC2)n1. The number of hydrogen-bond donors (Lipinski definition) is 1. The lowest BCUT2D eigenvalue weighted by Crippen LogP contribution is -2.28. The Hall–Kier alpha value is -1.43. The normalized spacial score (nSPS) is 16.1. The minimum absolute atomic E-state index is 0.0851. The number of hydrogen-bond acceptors (Lipinski definition) is 5. The smallest absolute Gasteiger partial charge is 0.243 e. The molecular weight excluding hydrogens is 234 g/mol. The summed E-state index contributed by atoms with van der Waals surface area (Å²) in [7, 11) is 0. The van der Waals surface area contributed by atoms with E-state index in [2.05, 4.69) is 15.6 Å². The Bertz CT molecular complexity index is 386. The third-order valence-electron chi connectivity index (χ3n) is 3.01. The van der Waals surface area contributed by atoms with Crippen LogP contribution in [0.15, 0.2) is 4.52 Å². The van der Waals surface area contributed by atoms with Gasteiger partial charge in [-0.25, -0.2) is 5.48 Å². The molecule has 1 amide bonds. The molecule has 2 rings (SSSR count). The Kier molecular flexibility index (Phi) is 4.69. The second kappa shape index (κ2) is 6.49. The van der Waals surface area contributed by atoms with Gasteiger partial charge in [0.1, 0.15) is 0 Å². The maximum Gasteiger partial charge on any atom is 0.243 e. The van der Waals surface area contributed by atoms with Crippen LogP contribution in [0.1, 0.15) is 50.2 Å². The minimum atomic E-state index is -0.0851. The van der Waals surface area contributed by atoms with E-state index in [1.54, 1.807) is 6.92 Å². The van der Waals surface area contributed by atoms with Gasteiger partial charge < -0.3 is 4.52 Å². The molecule has 6 nitrogen and oxygen atoms in total. The van der Waals surface area contributed by atoms with Crippen LogP contribution in [0.2, 0.25) is 0 Å². The summed E-state index contributed by atoms with van der Waals surface area (Å²) in [5, 5.41) is 3.69. The largest absolute Gasteiger partial charge is 0.339 e. The van der Waals surface area contributed by atoms with Crippen LogP contribution >= 0.6 is 0 Å². The van der Waals surface area contributed by atoms with E-state index < -0.39 is 0 Å². The summed E-state index contributed by atoms with van der Waals surface area (Å²) in [4.78, 5) is 20.9. The van der Waals surface area contributed by atoms with Gasteiger partial charge in [-0.3, -0.25) is 9.63 Å². The van der Waals surface area contributed by atoms with Crippen LogP contribution in [-0.4, -0.2) is 22.2 Å². The molecule has 0 aromatic carbocycles. The first-order chi connectivity index (χ1) is 8.74. The monoisotopic (exact) mass is 253 g/mol. The molecule has 0 atom stereocenters. The van der Waals surface area contributed by atoms with Crippen LogP contribution in [0.3, 0.4) is 0 Å². The van der Waals surface area contributed by atoms with Crippen molar-refractivity contribution in [1.82, 2.24) is 15.6 Å². The van der Waals surface area contributed by atoms with Gasteiger partial charge in [-0.15, -0.1) is 0 Å². The zero-order valence-electron chi connectivity index (χ0n) is 10.6. The van der Waals surface area contributed by atoms with Crippen molar-refractivity contribution < 1.29 is 14.2 Å². The highest BCUT2D eigenvalue weighted by Crippen LogP contribution is 2.19. The molecule has 0 bridgehead atoms. The Morgan fingerprint density at radius 1 is 1.50 bits per heavy atom. The van der Waals surface area contributed by atoms with Crippen molar-refractivity contribution in [2.24, 2.45) is 0 Å². The number of amides is 1. The highest BCUT2D eigenvalue weighted by atomic mass is 16.7. The number of nitrogens with zero attached hydrogens (tertiary/aromatic N) is 2. The fraction of sp³-hybridized carbons (Fsp3) is 0.750. The van der Waals surface area contributed by atoms with Crippen molar-refractivity contribution in [3.8, 4) is 0 Å². The second-order valence-electron chi connectivity index (χ2n) is 4.64. The Balaban J connectivity index is 1.57. The molecule has 18 heavy (non-hydrogen) atoms. The molecular formula is C12H19N3O3. The lowest BCUT2D eigenvalue weighted by Gasteiger charge is -2.10. The molecule has 1 saturated carbocycles. The minimum Gasteiger partial charge on any atom is -0.339 e. The molecule has 1 fully saturated rings. The quantitative estimate of drug-likeness (QED) is 0.781. The molecule has 1 heterocycles. The van der Waals surface area contributed by atoms with Gasteiger partial charge in [0.25, 0.3) is 0 Å². The van der Waals surface area contributed by atoms with Gasteiger partial charge in [0.2, 0.25) is 11.8 Å². The first-order valence-electron chi connectivity index (χ1n) is 6.48. The van der Waals surface area contributed by atoms with Crippen molar-refractivity contribution in [3.63, 3.8) is 0 Å². The predicted octanol–water partition coefficient (Wildman–Crippen LogP) is 1.69. The summed E-state index contributed by atoms with van der Waals surface area (Å²) < 4.78 is 4.96. The van der Waals surface area contributed by atoms with Crippen molar-refractivity contribution in [2.45, 2.75) is 58.0 Å². The third-order valence-corrected chi connectivity index (χ3v) is 3.01. The second-order valence-corrected chi connectivity index (χ2v) is 4.64. The molecule has 0 spiro atoms. The molecule has 0 saturated heterocycles. The van der Waals surface area contributed by atoms with E-state index in [0.717, 1.165) is 12.8 Å². The standard InChI is InChI=1S/C12H19N3O3/c1-9-13-12(18-14-9)8-4-7-11(16)15-17-10-5-2-3-6-10/h10H,2-8H2,1H3,(H,15,16). The lowest BCUT2D eigenvalue weighted by atomic mass is 10.2. The van der Waals surface area contributed by atoms with Crippen LogP contribution in [-0.2, 0) is 16.1 Å². The highest BCUT2D eigenvalue weighted by molar-refractivity contribution is 5.74. The van der Waals surface area contributed by atoms with Gasteiger partial charge >= 0.3 is 0 Å². The number of carbonyl (C=O) groups is 1. The molecule has 1 aromatic heterocycles. The zero-order chi connectivity index (χ0) is 12.8. The van der Waals surface area contributed by atoms with E-state index in [1.807, 2.05) is 0 Å². The first kappa shape index (κ1) is 13.0. The number of hydroxylamine groups is 1. The van der Waals surface area contributed by atoms with Crippen molar-refractivity contribution >= 4 is 5.91 Å². The van der Waals surface area contributed by atoms with E-state index in [4.69, 9.17) is 9.36 Å². The number of aromatic nitrogens is 2. The van der Waals surface area contributed by atoms with Crippen LogP contribution in [0, 0.1) is 6.92 Å². The van der Waals surface area contributed by atoms with Gasteiger partial charge in [0, 0.05) is 12.8 Å². The van der Waals surface area contributed by atoms with Crippen LogP contribution in [0.25, 0.3) is 0 Å². The molecule has 6 heteroatoms. The Labute approximate surface area is 106 Å². The molecule has 1 N–H and O–H groups in total. The van der Waals surface area contributed by atoms with Crippen LogP contribution in [0.4, 0.5) is 0 Å². The molecule has 1 aliphatic carbocycles. The maximum atomic E-state index is 11.5. The molecule has 0 unspecified atom stereocenters. The summed E-state index contributed by atoms with van der Waals surface area (Å²) in [5.41, 5.74) is 2.51. The van der Waals surface area contributed by atoms with Gasteiger partial charge in [0.05, 0.1) is 6.10 Å². The molecule has 0 aliphatic heterocycles.